The summed E-state index contributed by atoms with van der Waals surface area (Å²) < 4.78 is 11.9. The molecule has 0 saturated carbocycles. The highest BCUT2D eigenvalue weighted by Gasteiger charge is 2.07. The number of ether oxygens (including phenoxy) is 2. The second-order valence-corrected chi connectivity index (χ2v) is 9.43. The van der Waals surface area contributed by atoms with Gasteiger partial charge in [0.1, 0.15) is 18.1 Å². The minimum atomic E-state index is 0.545. The Morgan fingerprint density at radius 3 is 2.29 bits per heavy atom. The fraction of sp³-hybridized carbons (Fsp3) is 0.290. The van der Waals surface area contributed by atoms with Crippen LogP contribution in [0.2, 0.25) is 5.02 Å². The molecule has 0 amide bonds. The summed E-state index contributed by atoms with van der Waals surface area (Å²) in [6.07, 6.45) is 0.821. The van der Waals surface area contributed by atoms with Crippen molar-refractivity contribution < 1.29 is 9.47 Å². The lowest BCUT2D eigenvalue weighted by molar-refractivity contribution is 0.223. The van der Waals surface area contributed by atoms with Gasteiger partial charge in [-0.3, -0.25) is 0 Å². The number of nitrogens with zero attached hydrogens (tertiary/aromatic N) is 3. The van der Waals surface area contributed by atoms with E-state index in [1.54, 1.807) is 0 Å². The second-order valence-electron chi connectivity index (χ2n) is 9.00. The molecule has 4 rings (SSSR count). The van der Waals surface area contributed by atoms with Crippen molar-refractivity contribution in [2.24, 2.45) is 0 Å². The minimum Gasteiger partial charge on any atom is -0.493 e. The number of halogens is 1. The molecule has 0 unspecified atom stereocenters. The normalized spacial score (nSPS) is 11.0. The molecule has 38 heavy (non-hydrogen) atoms. The van der Waals surface area contributed by atoms with Crippen LogP contribution in [0.3, 0.4) is 0 Å². The SMILES string of the molecule is CCN(CC)CCOc1cccc(Nc2nc(C)cc(-c3ccc(OCCc4ccc(Cl)cc4)cc3)n2)c1. The first kappa shape index (κ1) is 27.4. The van der Waals surface area contributed by atoms with E-state index in [1.807, 2.05) is 85.8 Å². The molecule has 0 radical (unpaired) electrons. The van der Waals surface area contributed by atoms with E-state index in [4.69, 9.17) is 26.1 Å². The highest BCUT2D eigenvalue weighted by atomic mass is 35.5. The van der Waals surface area contributed by atoms with Crippen LogP contribution in [0.4, 0.5) is 11.6 Å². The Bertz CT molecular complexity index is 1290. The summed E-state index contributed by atoms with van der Waals surface area (Å²) in [5, 5.41) is 4.07. The lowest BCUT2D eigenvalue weighted by Gasteiger charge is -2.18. The van der Waals surface area contributed by atoms with E-state index < -0.39 is 0 Å². The predicted octanol–water partition coefficient (Wildman–Crippen LogP) is 7.19. The van der Waals surface area contributed by atoms with Crippen LogP contribution < -0.4 is 14.8 Å². The summed E-state index contributed by atoms with van der Waals surface area (Å²) >= 11 is 5.96. The number of likely N-dealkylation sites (N-methyl/N-ethyl adjacent to an activating group) is 1. The summed E-state index contributed by atoms with van der Waals surface area (Å²) in [5.74, 6) is 2.19. The van der Waals surface area contributed by atoms with Crippen LogP contribution in [-0.2, 0) is 6.42 Å². The third-order valence-corrected chi connectivity index (χ3v) is 6.49. The molecule has 3 aromatic carbocycles. The number of benzene rings is 3. The van der Waals surface area contributed by atoms with Gasteiger partial charge in [0.05, 0.1) is 12.3 Å². The van der Waals surface area contributed by atoms with Gasteiger partial charge in [-0.1, -0.05) is 43.6 Å². The molecule has 1 N–H and O–H groups in total. The largest absolute Gasteiger partial charge is 0.493 e. The summed E-state index contributed by atoms with van der Waals surface area (Å²) in [4.78, 5) is 11.7. The molecule has 1 aromatic heterocycles. The molecule has 0 atom stereocenters. The summed E-state index contributed by atoms with van der Waals surface area (Å²) in [5.41, 5.74) is 4.80. The highest BCUT2D eigenvalue weighted by Crippen LogP contribution is 2.25. The molecular weight excluding hydrogens is 496 g/mol. The van der Waals surface area contributed by atoms with Crippen LogP contribution in [0, 0.1) is 6.92 Å². The smallest absolute Gasteiger partial charge is 0.227 e. The van der Waals surface area contributed by atoms with E-state index in [0.29, 0.717) is 19.2 Å². The molecule has 6 nitrogen and oxygen atoms in total. The maximum absolute atomic E-state index is 5.96. The Kier molecular flexibility index (Phi) is 9.96. The van der Waals surface area contributed by atoms with Crippen LogP contribution in [-0.4, -0.2) is 47.7 Å². The monoisotopic (exact) mass is 530 g/mol. The van der Waals surface area contributed by atoms with Gasteiger partial charge in [-0.2, -0.15) is 0 Å². The van der Waals surface area contributed by atoms with Gasteiger partial charge < -0.3 is 19.7 Å². The molecule has 0 fully saturated rings. The van der Waals surface area contributed by atoms with Gasteiger partial charge in [0.25, 0.3) is 0 Å². The standard InChI is InChI=1S/C31H35ClN4O2/c1-4-36(5-2)18-20-38-29-8-6-7-27(22-29)34-31-33-23(3)21-30(35-31)25-11-15-28(16-12-25)37-19-17-24-9-13-26(32)14-10-24/h6-16,21-22H,4-5,17-20H2,1-3H3,(H,33,34,35). The molecule has 0 spiro atoms. The summed E-state index contributed by atoms with van der Waals surface area (Å²) in [7, 11) is 0. The van der Waals surface area contributed by atoms with Crippen molar-refractivity contribution in [3.05, 3.63) is 95.1 Å². The Morgan fingerprint density at radius 2 is 1.55 bits per heavy atom. The number of nitrogens with one attached hydrogen (secondary N) is 1. The Hall–Kier alpha value is -3.61. The van der Waals surface area contributed by atoms with Gasteiger partial charge in [0.15, 0.2) is 0 Å². The van der Waals surface area contributed by atoms with Gasteiger partial charge in [-0.15, -0.1) is 0 Å². The van der Waals surface area contributed by atoms with Crippen molar-refractivity contribution >= 4 is 23.2 Å². The third kappa shape index (κ3) is 8.20. The van der Waals surface area contributed by atoms with Crippen LogP contribution >= 0.6 is 11.6 Å². The third-order valence-electron chi connectivity index (χ3n) is 6.24. The first-order chi connectivity index (χ1) is 18.5. The van der Waals surface area contributed by atoms with Crippen molar-refractivity contribution in [2.45, 2.75) is 27.2 Å². The fourth-order valence-electron chi connectivity index (χ4n) is 4.06. The molecule has 198 valence electrons. The van der Waals surface area contributed by atoms with Crippen LogP contribution in [0.15, 0.2) is 78.9 Å². The van der Waals surface area contributed by atoms with Gasteiger partial charge >= 0.3 is 0 Å². The fourth-order valence-corrected chi connectivity index (χ4v) is 4.18. The quantitative estimate of drug-likeness (QED) is 0.197. The van der Waals surface area contributed by atoms with Crippen LogP contribution in [0.1, 0.15) is 25.1 Å². The van der Waals surface area contributed by atoms with E-state index in [2.05, 4.69) is 29.0 Å². The number of aryl methyl sites for hydroxylation is 1. The predicted molar refractivity (Wildman–Crippen MR) is 156 cm³/mol. The van der Waals surface area contributed by atoms with Crippen molar-refractivity contribution in [3.63, 3.8) is 0 Å². The maximum atomic E-state index is 5.96. The molecule has 0 aliphatic rings. The first-order valence-electron chi connectivity index (χ1n) is 13.1. The van der Waals surface area contributed by atoms with Crippen molar-refractivity contribution in [1.29, 1.82) is 0 Å². The van der Waals surface area contributed by atoms with Crippen molar-refractivity contribution in [1.82, 2.24) is 14.9 Å². The molecule has 0 aliphatic carbocycles. The Balaban J connectivity index is 1.36. The van der Waals surface area contributed by atoms with Gasteiger partial charge in [0.2, 0.25) is 5.95 Å². The number of aromatic nitrogens is 2. The minimum absolute atomic E-state index is 0.545. The first-order valence-corrected chi connectivity index (χ1v) is 13.5. The number of hydrogen-bond donors (Lipinski definition) is 1. The van der Waals surface area contributed by atoms with Crippen LogP contribution in [0.25, 0.3) is 11.3 Å². The maximum Gasteiger partial charge on any atom is 0.227 e. The van der Waals surface area contributed by atoms with E-state index in [1.165, 1.54) is 5.56 Å². The van der Waals surface area contributed by atoms with E-state index in [-0.39, 0.29) is 0 Å². The van der Waals surface area contributed by atoms with Crippen molar-refractivity contribution in [3.8, 4) is 22.8 Å². The summed E-state index contributed by atoms with van der Waals surface area (Å²) in [6, 6.07) is 25.7. The van der Waals surface area contributed by atoms with Crippen LogP contribution in [0.5, 0.6) is 11.5 Å². The van der Waals surface area contributed by atoms with Crippen molar-refractivity contribution in [2.75, 3.05) is 38.2 Å². The number of rotatable bonds is 13. The molecule has 4 aromatic rings. The average Bonchev–Trinajstić information content (AvgIpc) is 2.92. The zero-order valence-corrected chi connectivity index (χ0v) is 23.0. The average molecular weight is 531 g/mol. The van der Waals surface area contributed by atoms with Gasteiger partial charge in [-0.25, -0.2) is 9.97 Å². The van der Waals surface area contributed by atoms with Gasteiger partial charge in [0, 0.05) is 41.0 Å². The summed E-state index contributed by atoms with van der Waals surface area (Å²) in [6.45, 7) is 10.5. The van der Waals surface area contributed by atoms with E-state index in [9.17, 15) is 0 Å². The zero-order chi connectivity index (χ0) is 26.7. The zero-order valence-electron chi connectivity index (χ0n) is 22.3. The number of anilines is 2. The lowest BCUT2D eigenvalue weighted by atomic mass is 10.1. The van der Waals surface area contributed by atoms with Gasteiger partial charge in [-0.05, 0) is 80.2 Å². The topological polar surface area (TPSA) is 59.5 Å². The Morgan fingerprint density at radius 1 is 0.816 bits per heavy atom. The lowest BCUT2D eigenvalue weighted by Crippen LogP contribution is -2.27. The molecular formula is C31H35ClN4O2. The van der Waals surface area contributed by atoms with E-state index >= 15 is 0 Å². The molecule has 1 heterocycles. The highest BCUT2D eigenvalue weighted by molar-refractivity contribution is 6.30. The molecule has 0 bridgehead atoms. The molecule has 0 saturated heterocycles. The molecule has 7 heteroatoms. The number of hydrogen-bond acceptors (Lipinski definition) is 6. The Labute approximate surface area is 230 Å². The second kappa shape index (κ2) is 13.8. The van der Waals surface area contributed by atoms with E-state index in [0.717, 1.165) is 65.2 Å². The molecule has 0 aliphatic heterocycles.